The molecule has 0 unspecified atom stereocenters. The molecule has 2 atom stereocenters. The Hall–Kier alpha value is -1.39. The van der Waals surface area contributed by atoms with Gasteiger partial charge in [0, 0.05) is 6.92 Å². The molecule has 0 aliphatic carbocycles. The van der Waals surface area contributed by atoms with Crippen LogP contribution in [0.2, 0.25) is 0 Å². The fourth-order valence-corrected chi connectivity index (χ4v) is 1.48. The van der Waals surface area contributed by atoms with Crippen LogP contribution in [0, 0.1) is 6.92 Å². The van der Waals surface area contributed by atoms with Crippen molar-refractivity contribution >= 4 is 5.91 Å². The van der Waals surface area contributed by atoms with Crippen molar-refractivity contribution in [3.05, 3.63) is 35.4 Å². The van der Waals surface area contributed by atoms with Crippen molar-refractivity contribution in [2.45, 2.75) is 53.7 Å². The number of carbonyl (C=O) groups excluding carboxylic acids is 1. The van der Waals surface area contributed by atoms with Crippen LogP contribution < -0.4 is 5.32 Å². The molecule has 0 saturated carbocycles. The molecule has 3 N–H and O–H groups in total. The molecule has 116 valence electrons. The van der Waals surface area contributed by atoms with Gasteiger partial charge in [-0.25, -0.2) is 0 Å². The molecule has 1 aromatic carbocycles. The number of hydrogen-bond donors (Lipinski definition) is 3. The number of nitrogens with one attached hydrogen (secondary N) is 1. The lowest BCUT2D eigenvalue weighted by Crippen LogP contribution is -2.40. The van der Waals surface area contributed by atoms with Crippen molar-refractivity contribution in [1.82, 2.24) is 5.32 Å². The molecular formula is C16H29NO3. The van der Waals surface area contributed by atoms with Gasteiger partial charge in [0.05, 0.1) is 12.6 Å². The van der Waals surface area contributed by atoms with Gasteiger partial charge in [-0.05, 0) is 12.5 Å². The first-order valence-corrected chi connectivity index (χ1v) is 7.17. The van der Waals surface area contributed by atoms with Gasteiger partial charge in [-0.2, -0.15) is 0 Å². The Morgan fingerprint density at radius 2 is 1.60 bits per heavy atom. The lowest BCUT2D eigenvalue weighted by Gasteiger charge is -2.21. The van der Waals surface area contributed by atoms with Gasteiger partial charge in [0.2, 0.25) is 5.91 Å². The summed E-state index contributed by atoms with van der Waals surface area (Å²) in [7, 11) is 0. The molecule has 0 saturated heterocycles. The Balaban J connectivity index is 0. The van der Waals surface area contributed by atoms with E-state index in [-0.39, 0.29) is 12.5 Å². The molecule has 20 heavy (non-hydrogen) atoms. The van der Waals surface area contributed by atoms with E-state index in [1.54, 1.807) is 12.1 Å². The quantitative estimate of drug-likeness (QED) is 0.795. The molecular weight excluding hydrogens is 254 g/mol. The second-order valence-corrected chi connectivity index (χ2v) is 3.85. The summed E-state index contributed by atoms with van der Waals surface area (Å²) in [5.74, 6) is -0.273. The molecule has 1 amide bonds. The summed E-state index contributed by atoms with van der Waals surface area (Å²) in [6.07, 6.45) is -0.894. The Morgan fingerprint density at radius 3 is 1.95 bits per heavy atom. The van der Waals surface area contributed by atoms with Crippen molar-refractivity contribution < 1.29 is 15.0 Å². The Kier molecular flexibility index (Phi) is 13.2. The third-order valence-electron chi connectivity index (χ3n) is 2.39. The van der Waals surface area contributed by atoms with E-state index < -0.39 is 12.1 Å². The maximum atomic E-state index is 10.9. The van der Waals surface area contributed by atoms with Gasteiger partial charge in [0.1, 0.15) is 6.10 Å². The topological polar surface area (TPSA) is 69.6 Å². The Labute approximate surface area is 122 Å². The molecule has 1 rings (SSSR count). The van der Waals surface area contributed by atoms with Gasteiger partial charge in [0.25, 0.3) is 0 Å². The SMILES string of the molecule is CC.CC.CC(=O)N[C@H](CO)[C@H](O)c1ccc(C)cc1. The van der Waals surface area contributed by atoms with Crippen LogP contribution in [0.5, 0.6) is 0 Å². The lowest BCUT2D eigenvalue weighted by atomic mass is 10.0. The molecule has 0 spiro atoms. The largest absolute Gasteiger partial charge is 0.394 e. The normalized spacial score (nSPS) is 12.0. The van der Waals surface area contributed by atoms with E-state index in [1.807, 2.05) is 46.8 Å². The van der Waals surface area contributed by atoms with E-state index >= 15 is 0 Å². The van der Waals surface area contributed by atoms with Crippen LogP contribution >= 0.6 is 0 Å². The second-order valence-electron chi connectivity index (χ2n) is 3.85. The summed E-state index contributed by atoms with van der Waals surface area (Å²) in [5, 5.41) is 21.5. The molecule has 4 nitrogen and oxygen atoms in total. The first-order chi connectivity index (χ1) is 9.54. The van der Waals surface area contributed by atoms with E-state index in [0.717, 1.165) is 5.56 Å². The van der Waals surface area contributed by atoms with Crippen LogP contribution in [-0.2, 0) is 4.79 Å². The van der Waals surface area contributed by atoms with Crippen molar-refractivity contribution in [2.24, 2.45) is 0 Å². The molecule has 4 heteroatoms. The summed E-state index contributed by atoms with van der Waals surface area (Å²) in [5.41, 5.74) is 1.77. The fraction of sp³-hybridized carbons (Fsp3) is 0.562. The minimum Gasteiger partial charge on any atom is -0.394 e. The maximum absolute atomic E-state index is 10.9. The number of carbonyl (C=O) groups is 1. The zero-order valence-corrected chi connectivity index (χ0v) is 13.5. The van der Waals surface area contributed by atoms with E-state index in [2.05, 4.69) is 5.32 Å². The van der Waals surface area contributed by atoms with E-state index in [0.29, 0.717) is 5.56 Å². The number of rotatable bonds is 4. The Morgan fingerprint density at radius 1 is 1.15 bits per heavy atom. The maximum Gasteiger partial charge on any atom is 0.217 e. The smallest absolute Gasteiger partial charge is 0.217 e. The molecule has 0 aliphatic heterocycles. The first-order valence-electron chi connectivity index (χ1n) is 7.17. The highest BCUT2D eigenvalue weighted by Gasteiger charge is 2.20. The highest BCUT2D eigenvalue weighted by Crippen LogP contribution is 2.17. The fourth-order valence-electron chi connectivity index (χ4n) is 1.48. The molecule has 1 aromatic rings. The van der Waals surface area contributed by atoms with Gasteiger partial charge in [0.15, 0.2) is 0 Å². The molecule has 0 bridgehead atoms. The number of aryl methyl sites for hydroxylation is 1. The standard InChI is InChI=1S/C12H17NO3.2C2H6/c1-8-3-5-10(6-4-8)12(16)11(7-14)13-9(2)15;2*1-2/h3-6,11-12,14,16H,7H2,1-2H3,(H,13,15);2*1-2H3/t11-,12-;;/m1../s1. The first kappa shape index (κ1) is 20.9. The monoisotopic (exact) mass is 283 g/mol. The van der Waals surface area contributed by atoms with Crippen LogP contribution in [0.3, 0.4) is 0 Å². The van der Waals surface area contributed by atoms with Gasteiger partial charge in [-0.15, -0.1) is 0 Å². The van der Waals surface area contributed by atoms with E-state index in [4.69, 9.17) is 5.11 Å². The van der Waals surface area contributed by atoms with Crippen molar-refractivity contribution in [3.63, 3.8) is 0 Å². The van der Waals surface area contributed by atoms with Crippen LogP contribution in [0.4, 0.5) is 0 Å². The van der Waals surface area contributed by atoms with Crippen LogP contribution in [0.15, 0.2) is 24.3 Å². The van der Waals surface area contributed by atoms with Gasteiger partial charge >= 0.3 is 0 Å². The summed E-state index contributed by atoms with van der Waals surface area (Å²) in [4.78, 5) is 10.9. The molecule has 0 aromatic heterocycles. The summed E-state index contributed by atoms with van der Waals surface area (Å²) in [6, 6.07) is 6.65. The highest BCUT2D eigenvalue weighted by molar-refractivity contribution is 5.73. The highest BCUT2D eigenvalue weighted by atomic mass is 16.3. The van der Waals surface area contributed by atoms with E-state index in [9.17, 15) is 9.90 Å². The molecule has 0 fully saturated rings. The summed E-state index contributed by atoms with van der Waals surface area (Å²) >= 11 is 0. The number of aliphatic hydroxyl groups excluding tert-OH is 2. The molecule has 0 heterocycles. The predicted octanol–water partition coefficient (Wildman–Crippen LogP) is 2.58. The second kappa shape index (κ2) is 12.6. The third-order valence-corrected chi connectivity index (χ3v) is 2.39. The van der Waals surface area contributed by atoms with Crippen molar-refractivity contribution in [3.8, 4) is 0 Å². The minimum atomic E-state index is -0.894. The van der Waals surface area contributed by atoms with Gasteiger partial charge in [-0.3, -0.25) is 4.79 Å². The molecule has 0 radical (unpaired) electrons. The molecule has 0 aliphatic rings. The van der Waals surface area contributed by atoms with Gasteiger partial charge < -0.3 is 15.5 Å². The Bertz CT molecular complexity index is 349. The zero-order chi connectivity index (χ0) is 16.1. The zero-order valence-electron chi connectivity index (χ0n) is 13.5. The summed E-state index contributed by atoms with van der Waals surface area (Å²) in [6.45, 7) is 11.0. The average molecular weight is 283 g/mol. The van der Waals surface area contributed by atoms with Crippen LogP contribution in [-0.4, -0.2) is 28.8 Å². The number of benzene rings is 1. The van der Waals surface area contributed by atoms with Crippen molar-refractivity contribution in [1.29, 1.82) is 0 Å². The number of amides is 1. The van der Waals surface area contributed by atoms with Gasteiger partial charge in [-0.1, -0.05) is 57.5 Å². The van der Waals surface area contributed by atoms with E-state index in [1.165, 1.54) is 6.92 Å². The third kappa shape index (κ3) is 7.92. The number of aliphatic hydroxyl groups is 2. The summed E-state index contributed by atoms with van der Waals surface area (Å²) < 4.78 is 0. The average Bonchev–Trinajstić information content (AvgIpc) is 2.49. The number of hydrogen-bond acceptors (Lipinski definition) is 3. The van der Waals surface area contributed by atoms with Crippen LogP contribution in [0.1, 0.15) is 51.8 Å². The predicted molar refractivity (Wildman–Crippen MR) is 83.5 cm³/mol. The lowest BCUT2D eigenvalue weighted by molar-refractivity contribution is -0.121. The van der Waals surface area contributed by atoms with Crippen LogP contribution in [0.25, 0.3) is 0 Å². The van der Waals surface area contributed by atoms with Crippen molar-refractivity contribution in [2.75, 3.05) is 6.61 Å². The minimum absolute atomic E-state index is 0.273.